The molecule has 0 aliphatic heterocycles. The number of hydrogen-bond acceptors (Lipinski definition) is 1. The molecule has 3 nitrogen and oxygen atoms in total. The van der Waals surface area contributed by atoms with Gasteiger partial charge in [-0.1, -0.05) is 13.8 Å². The molecule has 1 aliphatic carbocycles. The van der Waals surface area contributed by atoms with Crippen molar-refractivity contribution >= 4 is 5.96 Å². The highest BCUT2D eigenvalue weighted by atomic mass is 15.0. The number of aliphatic imine (C=N–C) groups is 1. The van der Waals surface area contributed by atoms with Crippen LogP contribution in [0.3, 0.4) is 0 Å². The van der Waals surface area contributed by atoms with Crippen molar-refractivity contribution in [2.45, 2.75) is 26.3 Å². The molecule has 58 valence electrons. The molecular formula is C7H15N3. The molecule has 0 spiro atoms. The van der Waals surface area contributed by atoms with E-state index in [1.165, 1.54) is 0 Å². The van der Waals surface area contributed by atoms with Crippen LogP contribution in [-0.2, 0) is 0 Å². The summed E-state index contributed by atoms with van der Waals surface area (Å²) in [5.74, 6) is 1.67. The van der Waals surface area contributed by atoms with Crippen LogP contribution >= 0.6 is 0 Å². The largest absolute Gasteiger partial charge is 0.370 e. The van der Waals surface area contributed by atoms with Crippen molar-refractivity contribution in [2.24, 2.45) is 28.3 Å². The topological polar surface area (TPSA) is 64.4 Å². The van der Waals surface area contributed by atoms with E-state index < -0.39 is 0 Å². The zero-order valence-corrected chi connectivity index (χ0v) is 6.54. The SMILES string of the molecule is CC1CC(N=C(N)N)C1C. The van der Waals surface area contributed by atoms with Crippen LogP contribution in [-0.4, -0.2) is 12.0 Å². The van der Waals surface area contributed by atoms with Gasteiger partial charge in [0.15, 0.2) is 5.96 Å². The fourth-order valence-corrected chi connectivity index (χ4v) is 1.36. The average molecular weight is 141 g/mol. The molecule has 0 saturated heterocycles. The van der Waals surface area contributed by atoms with Crippen LogP contribution in [0.2, 0.25) is 0 Å². The summed E-state index contributed by atoms with van der Waals surface area (Å²) in [5.41, 5.74) is 10.5. The second-order valence-electron chi connectivity index (χ2n) is 3.19. The van der Waals surface area contributed by atoms with E-state index in [1.54, 1.807) is 0 Å². The van der Waals surface area contributed by atoms with Crippen molar-refractivity contribution in [3.8, 4) is 0 Å². The lowest BCUT2D eigenvalue weighted by Gasteiger charge is -2.37. The molecule has 0 aromatic carbocycles. The maximum Gasteiger partial charge on any atom is 0.186 e. The van der Waals surface area contributed by atoms with Gasteiger partial charge in [-0.2, -0.15) is 0 Å². The first kappa shape index (κ1) is 7.38. The van der Waals surface area contributed by atoms with E-state index in [2.05, 4.69) is 18.8 Å². The molecule has 1 saturated carbocycles. The predicted octanol–water partition coefficient (Wildman–Crippen LogP) is 0.304. The van der Waals surface area contributed by atoms with Gasteiger partial charge in [-0.15, -0.1) is 0 Å². The van der Waals surface area contributed by atoms with E-state index in [1.807, 2.05) is 0 Å². The van der Waals surface area contributed by atoms with Gasteiger partial charge in [0.25, 0.3) is 0 Å². The van der Waals surface area contributed by atoms with E-state index in [-0.39, 0.29) is 5.96 Å². The van der Waals surface area contributed by atoms with Gasteiger partial charge in [-0.25, -0.2) is 0 Å². The van der Waals surface area contributed by atoms with E-state index in [0.29, 0.717) is 12.0 Å². The molecule has 1 fully saturated rings. The number of rotatable bonds is 1. The lowest BCUT2D eigenvalue weighted by Crippen LogP contribution is -2.39. The van der Waals surface area contributed by atoms with Crippen molar-refractivity contribution < 1.29 is 0 Å². The van der Waals surface area contributed by atoms with Crippen molar-refractivity contribution in [1.82, 2.24) is 0 Å². The Morgan fingerprint density at radius 1 is 1.40 bits per heavy atom. The fraction of sp³-hybridized carbons (Fsp3) is 0.857. The van der Waals surface area contributed by atoms with Crippen molar-refractivity contribution in [2.75, 3.05) is 0 Å². The minimum Gasteiger partial charge on any atom is -0.370 e. The van der Waals surface area contributed by atoms with E-state index in [0.717, 1.165) is 12.3 Å². The smallest absolute Gasteiger partial charge is 0.186 e. The minimum atomic E-state index is 0.226. The molecule has 3 atom stereocenters. The molecule has 3 heteroatoms. The lowest BCUT2D eigenvalue weighted by atomic mass is 9.72. The molecule has 4 N–H and O–H groups in total. The monoisotopic (exact) mass is 141 g/mol. The maximum atomic E-state index is 5.24. The third kappa shape index (κ3) is 1.23. The zero-order chi connectivity index (χ0) is 7.72. The number of guanidine groups is 1. The average Bonchev–Trinajstić information content (AvgIpc) is 1.86. The van der Waals surface area contributed by atoms with Crippen molar-refractivity contribution in [3.05, 3.63) is 0 Å². The Morgan fingerprint density at radius 3 is 2.30 bits per heavy atom. The summed E-state index contributed by atoms with van der Waals surface area (Å²) in [6.07, 6.45) is 1.14. The van der Waals surface area contributed by atoms with Gasteiger partial charge in [0, 0.05) is 0 Å². The van der Waals surface area contributed by atoms with E-state index in [4.69, 9.17) is 11.5 Å². The Labute approximate surface area is 61.5 Å². The summed E-state index contributed by atoms with van der Waals surface area (Å²) in [4.78, 5) is 4.09. The van der Waals surface area contributed by atoms with Gasteiger partial charge in [0.1, 0.15) is 0 Å². The quantitative estimate of drug-likeness (QED) is 0.407. The van der Waals surface area contributed by atoms with Gasteiger partial charge < -0.3 is 11.5 Å². The third-order valence-corrected chi connectivity index (χ3v) is 2.43. The molecule has 10 heavy (non-hydrogen) atoms. The molecule has 0 radical (unpaired) electrons. The first-order valence-corrected chi connectivity index (χ1v) is 3.70. The molecule has 3 unspecified atom stereocenters. The molecule has 1 rings (SSSR count). The molecule has 0 heterocycles. The number of hydrogen-bond donors (Lipinski definition) is 2. The number of nitrogens with zero attached hydrogens (tertiary/aromatic N) is 1. The standard InChI is InChI=1S/C7H15N3/c1-4-3-6(5(4)2)10-7(8)9/h4-6H,3H2,1-2H3,(H4,8,9,10). The molecule has 0 amide bonds. The Hall–Kier alpha value is -0.730. The first-order chi connectivity index (χ1) is 4.61. The van der Waals surface area contributed by atoms with E-state index >= 15 is 0 Å². The summed E-state index contributed by atoms with van der Waals surface area (Å²) >= 11 is 0. The van der Waals surface area contributed by atoms with Crippen LogP contribution in [0.5, 0.6) is 0 Å². The maximum absolute atomic E-state index is 5.24. The van der Waals surface area contributed by atoms with Crippen molar-refractivity contribution in [3.63, 3.8) is 0 Å². The Balaban J connectivity index is 2.41. The van der Waals surface area contributed by atoms with Crippen LogP contribution in [0.25, 0.3) is 0 Å². The predicted molar refractivity (Wildman–Crippen MR) is 42.5 cm³/mol. The van der Waals surface area contributed by atoms with Crippen LogP contribution in [0, 0.1) is 11.8 Å². The summed E-state index contributed by atoms with van der Waals surface area (Å²) in [5, 5.41) is 0. The third-order valence-electron chi connectivity index (χ3n) is 2.43. The molecule has 1 aliphatic rings. The number of nitrogens with two attached hydrogens (primary N) is 2. The highest BCUT2D eigenvalue weighted by Gasteiger charge is 2.33. The van der Waals surface area contributed by atoms with Crippen LogP contribution in [0.1, 0.15) is 20.3 Å². The lowest BCUT2D eigenvalue weighted by molar-refractivity contribution is 0.174. The molecule has 0 aromatic rings. The van der Waals surface area contributed by atoms with Gasteiger partial charge in [-0.3, -0.25) is 4.99 Å². The van der Waals surface area contributed by atoms with Crippen LogP contribution < -0.4 is 11.5 Å². The zero-order valence-electron chi connectivity index (χ0n) is 6.54. The second kappa shape index (κ2) is 2.48. The van der Waals surface area contributed by atoms with Crippen LogP contribution in [0.4, 0.5) is 0 Å². The summed E-state index contributed by atoms with van der Waals surface area (Å²) in [7, 11) is 0. The highest BCUT2D eigenvalue weighted by molar-refractivity contribution is 5.75. The molecule has 0 aromatic heterocycles. The van der Waals surface area contributed by atoms with Gasteiger partial charge >= 0.3 is 0 Å². The summed E-state index contributed by atoms with van der Waals surface area (Å²) < 4.78 is 0. The van der Waals surface area contributed by atoms with E-state index in [9.17, 15) is 0 Å². The minimum absolute atomic E-state index is 0.226. The van der Waals surface area contributed by atoms with Gasteiger partial charge in [-0.05, 0) is 18.3 Å². The highest BCUT2D eigenvalue weighted by Crippen LogP contribution is 2.35. The van der Waals surface area contributed by atoms with Crippen LogP contribution in [0.15, 0.2) is 4.99 Å². The Morgan fingerprint density at radius 2 is 2.00 bits per heavy atom. The van der Waals surface area contributed by atoms with Gasteiger partial charge in [0.2, 0.25) is 0 Å². The summed E-state index contributed by atoms with van der Waals surface area (Å²) in [6.45, 7) is 4.41. The normalized spacial score (nSPS) is 38.4. The Kier molecular flexibility index (Phi) is 1.83. The Bertz CT molecular complexity index is 149. The first-order valence-electron chi connectivity index (χ1n) is 3.70. The summed E-state index contributed by atoms with van der Waals surface area (Å²) in [6, 6.07) is 0.389. The van der Waals surface area contributed by atoms with Gasteiger partial charge in [0.05, 0.1) is 6.04 Å². The van der Waals surface area contributed by atoms with Crippen molar-refractivity contribution in [1.29, 1.82) is 0 Å². The second-order valence-corrected chi connectivity index (χ2v) is 3.19. The molecular weight excluding hydrogens is 126 g/mol. The fourth-order valence-electron chi connectivity index (χ4n) is 1.36. The molecule has 0 bridgehead atoms.